The smallest absolute Gasteiger partial charge is 0.0468 e. The van der Waals surface area contributed by atoms with Crippen molar-refractivity contribution in [1.82, 2.24) is 0 Å². The van der Waals surface area contributed by atoms with Gasteiger partial charge in [-0.1, -0.05) is 66.2 Å². The Hall–Kier alpha value is -3.06. The quantitative estimate of drug-likeness (QED) is 0.411. The molecule has 1 heteroatoms. The van der Waals surface area contributed by atoms with Gasteiger partial charge in [-0.2, -0.15) is 0 Å². The van der Waals surface area contributed by atoms with Crippen molar-refractivity contribution in [3.05, 3.63) is 103 Å². The van der Waals surface area contributed by atoms with Crippen LogP contribution in [0.2, 0.25) is 0 Å². The molecule has 116 valence electrons. The van der Waals surface area contributed by atoms with Crippen LogP contribution in [0, 0.1) is 6.92 Å². The lowest BCUT2D eigenvalue weighted by Crippen LogP contribution is -2.09. The summed E-state index contributed by atoms with van der Waals surface area (Å²) >= 11 is 0. The van der Waals surface area contributed by atoms with Crippen molar-refractivity contribution < 1.29 is 0 Å². The molecule has 0 N–H and O–H groups in total. The Kier molecular flexibility index (Phi) is 3.76. The number of hydrogen-bond donors (Lipinski definition) is 0. The summed E-state index contributed by atoms with van der Waals surface area (Å²) in [5.74, 6) is 0. The molecule has 4 aromatic rings. The van der Waals surface area contributed by atoms with Crippen LogP contribution in [0.25, 0.3) is 10.8 Å². The zero-order valence-electron chi connectivity index (χ0n) is 13.7. The Labute approximate surface area is 142 Å². The summed E-state index contributed by atoms with van der Waals surface area (Å²) in [4.78, 5) is 2.29. The standard InChI is InChI=1S/C23H19N/c1-18-12-13-20-17-23(15-14-19(20)16-18)24(21-8-4-2-5-9-21)22-10-6-3-7-11-22/h2-17H,1H3. The molecule has 0 aliphatic heterocycles. The molecule has 0 aliphatic carbocycles. The van der Waals surface area contributed by atoms with Gasteiger partial charge in [0.2, 0.25) is 0 Å². The molecule has 0 saturated heterocycles. The maximum Gasteiger partial charge on any atom is 0.0468 e. The fourth-order valence-electron chi connectivity index (χ4n) is 3.09. The van der Waals surface area contributed by atoms with Gasteiger partial charge in [0.05, 0.1) is 0 Å². The van der Waals surface area contributed by atoms with E-state index in [1.165, 1.54) is 22.0 Å². The molecule has 0 heterocycles. The summed E-state index contributed by atoms with van der Waals surface area (Å²) in [7, 11) is 0. The van der Waals surface area contributed by atoms with E-state index in [0.29, 0.717) is 0 Å². The van der Waals surface area contributed by atoms with Crippen molar-refractivity contribution in [2.75, 3.05) is 4.90 Å². The second-order valence-electron chi connectivity index (χ2n) is 6.04. The Morgan fingerprint density at radius 1 is 0.500 bits per heavy atom. The third kappa shape index (κ3) is 2.77. The highest BCUT2D eigenvalue weighted by molar-refractivity contribution is 5.89. The zero-order chi connectivity index (χ0) is 16.4. The Morgan fingerprint density at radius 2 is 1.04 bits per heavy atom. The highest BCUT2D eigenvalue weighted by Crippen LogP contribution is 2.35. The van der Waals surface area contributed by atoms with E-state index >= 15 is 0 Å². The van der Waals surface area contributed by atoms with Gasteiger partial charge in [-0.3, -0.25) is 0 Å². The topological polar surface area (TPSA) is 3.24 Å². The van der Waals surface area contributed by atoms with E-state index in [4.69, 9.17) is 0 Å². The van der Waals surface area contributed by atoms with Crippen molar-refractivity contribution in [1.29, 1.82) is 0 Å². The van der Waals surface area contributed by atoms with E-state index in [0.717, 1.165) is 11.4 Å². The van der Waals surface area contributed by atoms with Crippen molar-refractivity contribution in [2.24, 2.45) is 0 Å². The van der Waals surface area contributed by atoms with Crippen molar-refractivity contribution >= 4 is 27.8 Å². The van der Waals surface area contributed by atoms with E-state index in [1.807, 2.05) is 0 Å². The van der Waals surface area contributed by atoms with Crippen LogP contribution in [0.5, 0.6) is 0 Å². The van der Waals surface area contributed by atoms with Crippen molar-refractivity contribution in [3.8, 4) is 0 Å². The lowest BCUT2D eigenvalue weighted by atomic mass is 10.1. The maximum atomic E-state index is 2.29. The molecule has 0 aromatic heterocycles. The molecule has 0 saturated carbocycles. The highest BCUT2D eigenvalue weighted by atomic mass is 15.1. The SMILES string of the molecule is Cc1ccc2cc(N(c3ccccc3)c3ccccc3)ccc2c1. The van der Waals surface area contributed by atoms with Gasteiger partial charge in [-0.25, -0.2) is 0 Å². The zero-order valence-corrected chi connectivity index (χ0v) is 13.7. The molecule has 0 bridgehead atoms. The molecule has 0 atom stereocenters. The first-order valence-corrected chi connectivity index (χ1v) is 8.22. The fourth-order valence-corrected chi connectivity index (χ4v) is 3.09. The second kappa shape index (κ2) is 6.21. The normalized spacial score (nSPS) is 10.7. The summed E-state index contributed by atoms with van der Waals surface area (Å²) in [5, 5.41) is 2.54. The molecule has 0 aliphatic rings. The number of hydrogen-bond acceptors (Lipinski definition) is 1. The van der Waals surface area contributed by atoms with Crippen LogP contribution < -0.4 is 4.90 Å². The minimum atomic E-state index is 1.16. The van der Waals surface area contributed by atoms with E-state index in [-0.39, 0.29) is 0 Å². The summed E-state index contributed by atoms with van der Waals surface area (Å²) in [6.45, 7) is 2.13. The van der Waals surface area contributed by atoms with Crippen LogP contribution >= 0.6 is 0 Å². The summed E-state index contributed by atoms with van der Waals surface area (Å²) in [6, 6.07) is 34.3. The molecule has 0 unspecified atom stereocenters. The molecular formula is C23H19N. The molecule has 1 nitrogen and oxygen atoms in total. The average Bonchev–Trinajstić information content (AvgIpc) is 2.64. The van der Waals surface area contributed by atoms with Gasteiger partial charge in [0.25, 0.3) is 0 Å². The number of fused-ring (bicyclic) bond motifs is 1. The van der Waals surface area contributed by atoms with Crippen molar-refractivity contribution in [2.45, 2.75) is 6.92 Å². The van der Waals surface area contributed by atoms with Crippen LogP contribution in [0.1, 0.15) is 5.56 Å². The minimum Gasteiger partial charge on any atom is -0.310 e. The molecule has 0 fully saturated rings. The molecule has 0 spiro atoms. The number of rotatable bonds is 3. The van der Waals surface area contributed by atoms with E-state index < -0.39 is 0 Å². The van der Waals surface area contributed by atoms with Crippen molar-refractivity contribution in [3.63, 3.8) is 0 Å². The summed E-state index contributed by atoms with van der Waals surface area (Å²) in [5.41, 5.74) is 4.78. The molecular weight excluding hydrogens is 290 g/mol. The van der Waals surface area contributed by atoms with Gasteiger partial charge in [0, 0.05) is 17.1 Å². The van der Waals surface area contributed by atoms with E-state index in [1.54, 1.807) is 0 Å². The van der Waals surface area contributed by atoms with Gasteiger partial charge in [-0.05, 0) is 54.1 Å². The first kappa shape index (κ1) is 14.5. The fraction of sp³-hybridized carbons (Fsp3) is 0.0435. The first-order valence-electron chi connectivity index (χ1n) is 8.22. The molecule has 0 amide bonds. The Bertz CT molecular complexity index is 919. The van der Waals surface area contributed by atoms with Crippen LogP contribution in [0.15, 0.2) is 97.1 Å². The average molecular weight is 309 g/mol. The monoisotopic (exact) mass is 309 g/mol. The maximum absolute atomic E-state index is 2.29. The number of nitrogens with zero attached hydrogens (tertiary/aromatic N) is 1. The second-order valence-corrected chi connectivity index (χ2v) is 6.04. The molecule has 24 heavy (non-hydrogen) atoms. The number of aryl methyl sites for hydroxylation is 1. The van der Waals surface area contributed by atoms with Gasteiger partial charge < -0.3 is 4.90 Å². The summed E-state index contributed by atoms with van der Waals surface area (Å²) in [6.07, 6.45) is 0. The van der Waals surface area contributed by atoms with Crippen LogP contribution in [0.3, 0.4) is 0 Å². The van der Waals surface area contributed by atoms with Gasteiger partial charge in [0.1, 0.15) is 0 Å². The van der Waals surface area contributed by atoms with E-state index in [9.17, 15) is 0 Å². The van der Waals surface area contributed by atoms with Crippen LogP contribution in [-0.4, -0.2) is 0 Å². The van der Waals surface area contributed by atoms with E-state index in [2.05, 4.69) is 109 Å². The van der Waals surface area contributed by atoms with Crippen LogP contribution in [-0.2, 0) is 0 Å². The highest BCUT2D eigenvalue weighted by Gasteiger charge is 2.12. The van der Waals surface area contributed by atoms with Crippen LogP contribution in [0.4, 0.5) is 17.1 Å². The Morgan fingerprint density at radius 3 is 1.67 bits per heavy atom. The number of benzene rings is 4. The number of para-hydroxylation sites is 2. The lowest BCUT2D eigenvalue weighted by Gasteiger charge is -2.25. The largest absolute Gasteiger partial charge is 0.310 e. The number of anilines is 3. The predicted molar refractivity (Wildman–Crippen MR) is 103 cm³/mol. The lowest BCUT2D eigenvalue weighted by molar-refractivity contribution is 1.29. The molecule has 0 radical (unpaired) electrons. The van der Waals surface area contributed by atoms with Gasteiger partial charge in [-0.15, -0.1) is 0 Å². The van der Waals surface area contributed by atoms with Gasteiger partial charge >= 0.3 is 0 Å². The summed E-state index contributed by atoms with van der Waals surface area (Å²) < 4.78 is 0. The molecule has 4 aromatic carbocycles. The molecule has 4 rings (SSSR count). The Balaban J connectivity index is 1.89. The minimum absolute atomic E-state index is 1.16. The first-order chi connectivity index (χ1) is 11.8. The third-order valence-electron chi connectivity index (χ3n) is 4.27. The third-order valence-corrected chi connectivity index (χ3v) is 4.27. The predicted octanol–water partition coefficient (Wildman–Crippen LogP) is 6.62. The van der Waals surface area contributed by atoms with Gasteiger partial charge in [0.15, 0.2) is 0 Å².